The highest BCUT2D eigenvalue weighted by molar-refractivity contribution is 6.40. The normalized spacial score (nSPS) is 10.4. The highest BCUT2D eigenvalue weighted by Gasteiger charge is 2.13. The lowest BCUT2D eigenvalue weighted by molar-refractivity contribution is -0.147. The average molecular weight is 356 g/mol. The average Bonchev–Trinajstić information content (AvgIpc) is 3.04. The van der Waals surface area contributed by atoms with E-state index in [-0.39, 0.29) is 6.42 Å². The number of amides is 1. The van der Waals surface area contributed by atoms with Gasteiger partial charge in [-0.1, -0.05) is 29.3 Å². The van der Waals surface area contributed by atoms with E-state index in [2.05, 4.69) is 5.32 Å². The second kappa shape index (κ2) is 8.04. The fourth-order valence-corrected chi connectivity index (χ4v) is 2.31. The summed E-state index contributed by atoms with van der Waals surface area (Å²) in [5.74, 6) is -0.312. The molecule has 1 amide bonds. The minimum absolute atomic E-state index is 0.132. The van der Waals surface area contributed by atoms with E-state index in [0.29, 0.717) is 27.9 Å². The fraction of sp³-hybridized carbons (Fsp3) is 0.250. The molecule has 0 bridgehead atoms. The standard InChI is InChI=1S/C16H15Cl2NO4/c1-10-4-6-12(17)16(15(10)18)19-13(20)9-23-14(21)7-5-11-3-2-8-22-11/h2-4,6,8H,5,7,9H2,1H3,(H,19,20). The number of furan rings is 1. The lowest BCUT2D eigenvalue weighted by Crippen LogP contribution is -2.21. The maximum atomic E-state index is 11.8. The van der Waals surface area contributed by atoms with Gasteiger partial charge in [0.25, 0.3) is 5.91 Å². The Bertz CT molecular complexity index is 698. The van der Waals surface area contributed by atoms with Gasteiger partial charge in [-0.05, 0) is 30.7 Å². The van der Waals surface area contributed by atoms with Crippen molar-refractivity contribution in [1.82, 2.24) is 0 Å². The maximum absolute atomic E-state index is 11.8. The van der Waals surface area contributed by atoms with Gasteiger partial charge < -0.3 is 14.5 Å². The summed E-state index contributed by atoms with van der Waals surface area (Å²) in [5, 5.41) is 3.22. The lowest BCUT2D eigenvalue weighted by atomic mass is 10.2. The minimum Gasteiger partial charge on any atom is -0.469 e. The van der Waals surface area contributed by atoms with Gasteiger partial charge in [0.05, 0.1) is 28.4 Å². The van der Waals surface area contributed by atoms with E-state index in [9.17, 15) is 9.59 Å². The third-order valence-corrected chi connectivity index (χ3v) is 3.87. The van der Waals surface area contributed by atoms with Gasteiger partial charge in [-0.25, -0.2) is 0 Å². The van der Waals surface area contributed by atoms with Crippen molar-refractivity contribution in [3.05, 3.63) is 51.9 Å². The van der Waals surface area contributed by atoms with Gasteiger partial charge in [-0.15, -0.1) is 0 Å². The number of rotatable bonds is 6. The Balaban J connectivity index is 1.81. The zero-order valence-corrected chi connectivity index (χ0v) is 13.9. The molecule has 1 N–H and O–H groups in total. The number of hydrogen-bond donors (Lipinski definition) is 1. The van der Waals surface area contributed by atoms with Crippen LogP contribution in [0.15, 0.2) is 34.9 Å². The largest absolute Gasteiger partial charge is 0.469 e. The first kappa shape index (κ1) is 17.4. The molecule has 0 spiro atoms. The summed E-state index contributed by atoms with van der Waals surface area (Å²) in [5.41, 5.74) is 1.09. The number of anilines is 1. The smallest absolute Gasteiger partial charge is 0.306 e. The van der Waals surface area contributed by atoms with Crippen molar-refractivity contribution in [3.63, 3.8) is 0 Å². The molecule has 122 valence electrons. The van der Waals surface area contributed by atoms with Crippen LogP contribution in [0.2, 0.25) is 10.0 Å². The molecule has 1 heterocycles. The molecule has 1 aromatic heterocycles. The highest BCUT2D eigenvalue weighted by Crippen LogP contribution is 2.32. The van der Waals surface area contributed by atoms with Crippen LogP contribution in [-0.4, -0.2) is 18.5 Å². The van der Waals surface area contributed by atoms with E-state index in [0.717, 1.165) is 5.56 Å². The Kier molecular flexibility index (Phi) is 6.07. The van der Waals surface area contributed by atoms with E-state index < -0.39 is 18.5 Å². The maximum Gasteiger partial charge on any atom is 0.306 e. The number of ether oxygens (including phenoxy) is 1. The van der Waals surface area contributed by atoms with Crippen LogP contribution in [0.25, 0.3) is 0 Å². The molecular weight excluding hydrogens is 341 g/mol. The van der Waals surface area contributed by atoms with Gasteiger partial charge in [-0.2, -0.15) is 0 Å². The van der Waals surface area contributed by atoms with E-state index in [1.807, 2.05) is 0 Å². The molecule has 0 fully saturated rings. The van der Waals surface area contributed by atoms with Crippen LogP contribution in [0.3, 0.4) is 0 Å². The van der Waals surface area contributed by atoms with E-state index >= 15 is 0 Å². The molecule has 0 aliphatic heterocycles. The third-order valence-electron chi connectivity index (χ3n) is 3.07. The fourth-order valence-electron chi connectivity index (χ4n) is 1.85. The van der Waals surface area contributed by atoms with Crippen LogP contribution in [0.1, 0.15) is 17.7 Å². The van der Waals surface area contributed by atoms with Gasteiger partial charge in [0, 0.05) is 6.42 Å². The predicted molar refractivity (Wildman–Crippen MR) is 87.8 cm³/mol. The topological polar surface area (TPSA) is 68.5 Å². The molecule has 0 aliphatic rings. The molecule has 0 saturated heterocycles. The number of esters is 1. The van der Waals surface area contributed by atoms with E-state index in [1.54, 1.807) is 31.2 Å². The number of nitrogens with one attached hydrogen (secondary N) is 1. The molecule has 5 nitrogen and oxygen atoms in total. The van der Waals surface area contributed by atoms with Crippen molar-refractivity contribution in [2.45, 2.75) is 19.8 Å². The Morgan fingerprint density at radius 2 is 2.04 bits per heavy atom. The van der Waals surface area contributed by atoms with Gasteiger partial charge in [0.2, 0.25) is 0 Å². The number of hydrogen-bond acceptors (Lipinski definition) is 4. The second-order valence-corrected chi connectivity index (χ2v) is 5.63. The van der Waals surface area contributed by atoms with Crippen molar-refractivity contribution in [2.75, 3.05) is 11.9 Å². The summed E-state index contributed by atoms with van der Waals surface area (Å²) in [4.78, 5) is 23.4. The first-order valence-corrected chi connectivity index (χ1v) is 7.65. The quantitative estimate of drug-likeness (QED) is 0.794. The summed E-state index contributed by atoms with van der Waals surface area (Å²) < 4.78 is 10.0. The SMILES string of the molecule is Cc1ccc(Cl)c(NC(=O)COC(=O)CCc2ccco2)c1Cl. The van der Waals surface area contributed by atoms with Crippen LogP contribution < -0.4 is 5.32 Å². The van der Waals surface area contributed by atoms with Gasteiger partial charge in [0.15, 0.2) is 6.61 Å². The summed E-state index contributed by atoms with van der Waals surface area (Å²) in [6.45, 7) is 1.39. The minimum atomic E-state index is -0.509. The molecule has 2 rings (SSSR count). The van der Waals surface area contributed by atoms with E-state index in [4.69, 9.17) is 32.4 Å². The molecule has 0 radical (unpaired) electrons. The summed E-state index contributed by atoms with van der Waals surface area (Å²) in [6, 6.07) is 6.88. The first-order chi connectivity index (χ1) is 11.0. The highest BCUT2D eigenvalue weighted by atomic mass is 35.5. The van der Waals surface area contributed by atoms with E-state index in [1.165, 1.54) is 6.26 Å². The molecule has 0 saturated carbocycles. The number of halogens is 2. The molecular formula is C16H15Cl2NO4. The van der Waals surface area contributed by atoms with Crippen LogP contribution in [-0.2, 0) is 20.7 Å². The Labute approximate surface area is 143 Å². The predicted octanol–water partition coefficient (Wildman–Crippen LogP) is 4.01. The number of carbonyl (C=O) groups excluding carboxylic acids is 2. The van der Waals surface area contributed by atoms with Crippen molar-refractivity contribution in [3.8, 4) is 0 Å². The van der Waals surface area contributed by atoms with Crippen LogP contribution in [0.5, 0.6) is 0 Å². The monoisotopic (exact) mass is 355 g/mol. The van der Waals surface area contributed by atoms with Crippen molar-refractivity contribution in [2.24, 2.45) is 0 Å². The molecule has 23 heavy (non-hydrogen) atoms. The molecule has 1 aromatic carbocycles. The third kappa shape index (κ3) is 5.01. The first-order valence-electron chi connectivity index (χ1n) is 6.90. The molecule has 2 aromatic rings. The summed E-state index contributed by atoms with van der Waals surface area (Å²) in [6.07, 6.45) is 2.08. The zero-order chi connectivity index (χ0) is 16.8. The number of benzene rings is 1. The summed E-state index contributed by atoms with van der Waals surface area (Å²) >= 11 is 12.1. The van der Waals surface area contributed by atoms with Crippen molar-refractivity contribution in [1.29, 1.82) is 0 Å². The van der Waals surface area contributed by atoms with Crippen molar-refractivity contribution < 1.29 is 18.7 Å². The van der Waals surface area contributed by atoms with Crippen LogP contribution in [0.4, 0.5) is 5.69 Å². The molecule has 7 heteroatoms. The Hall–Kier alpha value is -1.98. The van der Waals surface area contributed by atoms with Crippen LogP contribution in [0, 0.1) is 6.92 Å². The van der Waals surface area contributed by atoms with Gasteiger partial charge in [0.1, 0.15) is 5.76 Å². The second-order valence-electron chi connectivity index (χ2n) is 4.84. The lowest BCUT2D eigenvalue weighted by Gasteiger charge is -2.11. The molecule has 0 aliphatic carbocycles. The number of aryl methyl sites for hydroxylation is 2. The Morgan fingerprint density at radius 1 is 1.26 bits per heavy atom. The van der Waals surface area contributed by atoms with Crippen LogP contribution >= 0.6 is 23.2 Å². The number of carbonyl (C=O) groups is 2. The van der Waals surface area contributed by atoms with Gasteiger partial charge in [-0.3, -0.25) is 9.59 Å². The molecule has 0 unspecified atom stereocenters. The Morgan fingerprint density at radius 3 is 2.74 bits per heavy atom. The molecule has 0 atom stereocenters. The van der Waals surface area contributed by atoms with Crippen molar-refractivity contribution >= 4 is 40.8 Å². The van der Waals surface area contributed by atoms with Gasteiger partial charge >= 0.3 is 5.97 Å². The summed E-state index contributed by atoms with van der Waals surface area (Å²) in [7, 11) is 0. The zero-order valence-electron chi connectivity index (χ0n) is 12.4.